The summed E-state index contributed by atoms with van der Waals surface area (Å²) < 4.78 is 32.0. The lowest BCUT2D eigenvalue weighted by molar-refractivity contribution is -0.140. The maximum absolute atomic E-state index is 14.7. The number of methoxy groups -OCH3 is 1. The maximum atomic E-state index is 14.7. The van der Waals surface area contributed by atoms with Gasteiger partial charge < -0.3 is 40.0 Å². The van der Waals surface area contributed by atoms with Gasteiger partial charge in [-0.15, -0.1) is 11.3 Å². The lowest BCUT2D eigenvalue weighted by Gasteiger charge is -2.31. The Hall–Kier alpha value is -3.94. The summed E-state index contributed by atoms with van der Waals surface area (Å²) in [5.41, 5.74) is 1.88. The third-order valence-corrected chi connectivity index (χ3v) is 15.8. The number of fused-ring (bicyclic) bond motifs is 3. The average Bonchev–Trinajstić information content (AvgIpc) is 3.60. The van der Waals surface area contributed by atoms with Crippen LogP contribution in [0.4, 0.5) is 9.93 Å². The van der Waals surface area contributed by atoms with Crippen LogP contribution in [0.25, 0.3) is 22.3 Å². The third-order valence-electron chi connectivity index (χ3n) is 12.1. The molecule has 1 unspecified atom stereocenters. The van der Waals surface area contributed by atoms with Crippen LogP contribution in [0.5, 0.6) is 11.5 Å². The predicted molar refractivity (Wildman–Crippen MR) is 225 cm³/mol. The Balaban J connectivity index is 1.21. The quantitative estimate of drug-likeness (QED) is 0.138. The molecule has 2 aliphatic heterocycles. The number of anilines is 1. The minimum Gasteiger partial charge on any atom is -0.497 e. The van der Waals surface area contributed by atoms with Crippen LogP contribution in [-0.4, -0.2) is 93.1 Å². The monoisotopic (exact) mass is 838 g/mol. The van der Waals surface area contributed by atoms with Gasteiger partial charge in [0.05, 0.1) is 24.9 Å². The SMILES string of the molecule is CCCP(=O)(O)[C@@]12C[C@H]1CCCCCCC[C@H](NC(=O)OC1CCCC1)C(=O)N1C[C@H](Oc3cc(-c4csc(NC(C)C)n4)nc4cc(OC)ccc34)C[C@H]1C(=O)N2. The molecule has 6 atom stereocenters. The fraction of sp³-hybridized carbons (Fsp3) is 0.643. The van der Waals surface area contributed by atoms with Crippen LogP contribution in [0.1, 0.15) is 111 Å². The maximum Gasteiger partial charge on any atom is 0.408 e. The van der Waals surface area contributed by atoms with E-state index in [1.54, 1.807) is 7.11 Å². The molecule has 3 amide bonds. The molecular formula is C42H59N6O8PS. The zero-order chi connectivity index (χ0) is 41.0. The van der Waals surface area contributed by atoms with E-state index in [-0.39, 0.29) is 37.2 Å². The van der Waals surface area contributed by atoms with E-state index in [4.69, 9.17) is 24.2 Å². The first-order valence-corrected chi connectivity index (χ1v) is 23.9. The number of nitrogens with zero attached hydrogens (tertiary/aromatic N) is 3. The zero-order valence-electron chi connectivity index (χ0n) is 34.2. The van der Waals surface area contributed by atoms with Crippen LogP contribution in [0, 0.1) is 5.92 Å². The number of carbonyl (C=O) groups excluding carboxylic acids is 3. The molecule has 2 saturated carbocycles. The summed E-state index contributed by atoms with van der Waals surface area (Å²) in [7, 11) is -2.19. The number of hydrogen-bond donors (Lipinski definition) is 4. The third kappa shape index (κ3) is 9.42. The van der Waals surface area contributed by atoms with E-state index in [1.807, 2.05) is 50.4 Å². The molecular weight excluding hydrogens is 780 g/mol. The number of nitrogens with one attached hydrogen (secondary N) is 3. The molecule has 4 N–H and O–H groups in total. The van der Waals surface area contributed by atoms with Crippen molar-refractivity contribution in [3.05, 3.63) is 29.6 Å². The van der Waals surface area contributed by atoms with Gasteiger partial charge in [0.2, 0.25) is 19.2 Å². The van der Waals surface area contributed by atoms with Crippen molar-refractivity contribution >= 4 is 52.6 Å². The summed E-state index contributed by atoms with van der Waals surface area (Å²) in [6, 6.07) is 5.64. The number of hydrogen-bond acceptors (Lipinski definition) is 11. The number of aromatic nitrogens is 2. The van der Waals surface area contributed by atoms with E-state index in [9.17, 15) is 23.8 Å². The van der Waals surface area contributed by atoms with E-state index < -0.39 is 48.7 Å². The zero-order valence-corrected chi connectivity index (χ0v) is 35.9. The molecule has 1 aromatic carbocycles. The Kier molecular flexibility index (Phi) is 13.2. The first-order chi connectivity index (χ1) is 27.9. The molecule has 4 fully saturated rings. The summed E-state index contributed by atoms with van der Waals surface area (Å²) in [5.74, 6) is 0.142. The van der Waals surface area contributed by atoms with Crippen LogP contribution >= 0.6 is 18.7 Å². The van der Waals surface area contributed by atoms with Crippen molar-refractivity contribution < 1.29 is 38.1 Å². The topological polar surface area (TPSA) is 181 Å². The van der Waals surface area contributed by atoms with E-state index in [1.165, 1.54) is 16.2 Å². The highest BCUT2D eigenvalue weighted by atomic mass is 32.1. The number of benzene rings is 1. The van der Waals surface area contributed by atoms with Crippen LogP contribution in [0.3, 0.4) is 0 Å². The Morgan fingerprint density at radius 2 is 1.78 bits per heavy atom. The molecule has 0 bridgehead atoms. The van der Waals surface area contributed by atoms with Gasteiger partial charge in [-0.25, -0.2) is 14.8 Å². The molecule has 58 heavy (non-hydrogen) atoms. The summed E-state index contributed by atoms with van der Waals surface area (Å²) in [4.78, 5) is 65.2. The molecule has 14 nitrogen and oxygen atoms in total. The number of ether oxygens (including phenoxy) is 3. The Morgan fingerprint density at radius 3 is 2.52 bits per heavy atom. The van der Waals surface area contributed by atoms with Gasteiger partial charge >= 0.3 is 6.09 Å². The second kappa shape index (κ2) is 18.1. The second-order valence-electron chi connectivity index (χ2n) is 16.8. The molecule has 2 aromatic heterocycles. The van der Waals surface area contributed by atoms with E-state index in [0.717, 1.165) is 68.3 Å². The van der Waals surface area contributed by atoms with Crippen molar-refractivity contribution in [2.75, 3.05) is 25.1 Å². The second-order valence-corrected chi connectivity index (χ2v) is 20.3. The largest absolute Gasteiger partial charge is 0.497 e. The van der Waals surface area contributed by atoms with Gasteiger partial charge in [0, 0.05) is 41.5 Å². The molecule has 4 heterocycles. The average molecular weight is 839 g/mol. The molecule has 0 radical (unpaired) electrons. The number of carbonyl (C=O) groups is 3. The number of thiazole rings is 1. The highest BCUT2D eigenvalue weighted by molar-refractivity contribution is 7.60. The van der Waals surface area contributed by atoms with Gasteiger partial charge in [-0.05, 0) is 83.3 Å². The minimum atomic E-state index is -3.79. The number of pyridine rings is 1. The highest BCUT2D eigenvalue weighted by Gasteiger charge is 2.66. The molecule has 3 aromatic rings. The number of rotatable bonds is 11. The smallest absolute Gasteiger partial charge is 0.408 e. The van der Waals surface area contributed by atoms with Gasteiger partial charge in [-0.1, -0.05) is 39.0 Å². The summed E-state index contributed by atoms with van der Waals surface area (Å²) in [6.07, 6.45) is 8.83. The van der Waals surface area contributed by atoms with Crippen LogP contribution in [0.15, 0.2) is 29.6 Å². The first-order valence-electron chi connectivity index (χ1n) is 21.2. The van der Waals surface area contributed by atoms with Gasteiger partial charge in [0.25, 0.3) is 0 Å². The van der Waals surface area contributed by atoms with Gasteiger partial charge in [-0.3, -0.25) is 14.2 Å². The number of amides is 3. The summed E-state index contributed by atoms with van der Waals surface area (Å²) >= 11 is 1.48. The molecule has 0 spiro atoms. The standard InChI is InChI=1S/C42H59N6O8PS/c1-5-19-57(52,53)42-23-27(42)13-9-7-6-8-10-16-32(46-41(51)56-28-14-11-12-15-28)39(50)48-24-30(21-36(48)38(49)47-42)55-37-22-34(35-25-58-40(45-35)43-26(2)3)44-33-20-29(54-4)17-18-31(33)37/h17-18,20,22,25-28,30,32,36H,5-16,19,21,23-24H2,1-4H3,(H,43,45)(H,46,51)(H,47,49)(H,52,53)/t27-,30-,32+,36+,42+/m1/s1. The van der Waals surface area contributed by atoms with Gasteiger partial charge in [-0.2, -0.15) is 0 Å². The van der Waals surface area contributed by atoms with Gasteiger partial charge in [0.1, 0.15) is 46.8 Å². The van der Waals surface area contributed by atoms with E-state index in [2.05, 4.69) is 16.0 Å². The Morgan fingerprint density at radius 1 is 1.03 bits per heavy atom. The van der Waals surface area contributed by atoms with Gasteiger partial charge in [0.15, 0.2) is 5.13 Å². The predicted octanol–water partition coefficient (Wildman–Crippen LogP) is 7.83. The lowest BCUT2D eigenvalue weighted by Crippen LogP contribution is -2.55. The molecule has 16 heteroatoms. The van der Waals surface area contributed by atoms with Crippen molar-refractivity contribution in [2.45, 2.75) is 146 Å². The highest BCUT2D eigenvalue weighted by Crippen LogP contribution is 2.70. The fourth-order valence-corrected chi connectivity index (χ4v) is 12.3. The Bertz CT molecular complexity index is 2010. The van der Waals surface area contributed by atoms with Crippen molar-refractivity contribution in [1.82, 2.24) is 25.5 Å². The van der Waals surface area contributed by atoms with E-state index in [0.29, 0.717) is 54.1 Å². The Labute approximate surface area is 345 Å². The minimum absolute atomic E-state index is 0.0589. The van der Waals surface area contributed by atoms with Crippen LogP contribution in [-0.2, 0) is 18.9 Å². The number of alkyl carbamates (subject to hydrolysis) is 1. The normalized spacial score (nSPS) is 26.8. The first kappa shape index (κ1) is 42.2. The molecule has 2 saturated heterocycles. The summed E-state index contributed by atoms with van der Waals surface area (Å²) in [6.45, 7) is 6.02. The molecule has 316 valence electrons. The molecule has 2 aliphatic carbocycles. The summed E-state index contributed by atoms with van der Waals surface area (Å²) in [5, 5.41) is 11.5. The van der Waals surface area contributed by atoms with Crippen molar-refractivity contribution in [1.29, 1.82) is 0 Å². The van der Waals surface area contributed by atoms with Crippen LogP contribution in [0.2, 0.25) is 0 Å². The van der Waals surface area contributed by atoms with Crippen molar-refractivity contribution in [3.63, 3.8) is 0 Å². The van der Waals surface area contributed by atoms with Crippen LogP contribution < -0.4 is 25.4 Å². The molecule has 4 aliphatic rings. The van der Waals surface area contributed by atoms with E-state index >= 15 is 0 Å². The lowest BCUT2D eigenvalue weighted by atomic mass is 10.0. The molecule has 7 rings (SSSR count). The van der Waals surface area contributed by atoms with Crippen molar-refractivity contribution in [2.24, 2.45) is 5.92 Å². The fourth-order valence-electron chi connectivity index (χ4n) is 8.98. The van der Waals surface area contributed by atoms with Crippen molar-refractivity contribution in [3.8, 4) is 22.9 Å².